The summed E-state index contributed by atoms with van der Waals surface area (Å²) in [6.45, 7) is 2.10. The Balaban J connectivity index is 2.51. The zero-order valence-electron chi connectivity index (χ0n) is 9.60. The Labute approximate surface area is 97.9 Å². The molecule has 0 spiro atoms. The summed E-state index contributed by atoms with van der Waals surface area (Å²) >= 11 is 0. The molecule has 0 bridgehead atoms. The first-order valence-electron chi connectivity index (χ1n) is 5.13. The predicted octanol–water partition coefficient (Wildman–Crippen LogP) is 1.47. The Morgan fingerprint density at radius 2 is 2.06 bits per heavy atom. The molecule has 1 aromatic carbocycles. The molecule has 90 valence electrons. The van der Waals surface area contributed by atoms with Crippen LogP contribution in [0.1, 0.15) is 18.1 Å². The van der Waals surface area contributed by atoms with Crippen molar-refractivity contribution in [1.82, 2.24) is 4.90 Å². The highest BCUT2D eigenvalue weighted by atomic mass is 16.6. The quantitative estimate of drug-likeness (QED) is 0.575. The number of carbonyl (C=O) groups is 1. The van der Waals surface area contributed by atoms with E-state index in [0.29, 0.717) is 17.9 Å². The Morgan fingerprint density at radius 1 is 1.41 bits per heavy atom. The van der Waals surface area contributed by atoms with Gasteiger partial charge < -0.3 is 9.64 Å². The number of hydrogen-bond acceptors (Lipinski definition) is 4. The molecule has 1 amide bonds. The molecule has 0 fully saturated rings. The zero-order valence-corrected chi connectivity index (χ0v) is 9.60. The van der Waals surface area contributed by atoms with E-state index in [4.69, 9.17) is 4.74 Å². The topological polar surface area (TPSA) is 72.7 Å². The number of nitro benzene ring substituents is 1. The molecule has 0 unspecified atom stereocenters. The van der Waals surface area contributed by atoms with Gasteiger partial charge in [-0.15, -0.1) is 0 Å². The number of ether oxygens (including phenoxy) is 1. The second-order valence-electron chi connectivity index (χ2n) is 3.88. The van der Waals surface area contributed by atoms with E-state index in [9.17, 15) is 14.9 Å². The van der Waals surface area contributed by atoms with Crippen molar-refractivity contribution in [2.75, 3.05) is 7.11 Å². The molecule has 17 heavy (non-hydrogen) atoms. The Morgan fingerprint density at radius 3 is 2.59 bits per heavy atom. The van der Waals surface area contributed by atoms with E-state index in [2.05, 4.69) is 0 Å². The number of rotatable bonds is 2. The van der Waals surface area contributed by atoms with Gasteiger partial charge in [0.25, 0.3) is 5.69 Å². The molecule has 6 heteroatoms. The minimum Gasteiger partial charge on any atom is -0.496 e. The van der Waals surface area contributed by atoms with Gasteiger partial charge >= 0.3 is 0 Å². The van der Waals surface area contributed by atoms with Crippen LogP contribution >= 0.6 is 0 Å². The van der Waals surface area contributed by atoms with Crippen molar-refractivity contribution in [3.8, 4) is 5.75 Å². The van der Waals surface area contributed by atoms with Crippen molar-refractivity contribution >= 4 is 11.6 Å². The first-order chi connectivity index (χ1) is 8.04. The van der Waals surface area contributed by atoms with E-state index in [1.807, 2.05) is 0 Å². The number of benzene rings is 1. The van der Waals surface area contributed by atoms with Gasteiger partial charge in [-0.3, -0.25) is 14.9 Å². The molecular formula is C11H12N2O4. The van der Waals surface area contributed by atoms with Gasteiger partial charge in [0.15, 0.2) is 0 Å². The molecule has 1 heterocycles. The third-order valence-electron chi connectivity index (χ3n) is 2.92. The van der Waals surface area contributed by atoms with Crippen molar-refractivity contribution in [1.29, 1.82) is 0 Å². The normalized spacial score (nSPS) is 13.4. The summed E-state index contributed by atoms with van der Waals surface area (Å²) in [5.74, 6) is 0.493. The van der Waals surface area contributed by atoms with Gasteiger partial charge in [0, 0.05) is 18.6 Å². The SMILES string of the molecule is COc1ccc([N+](=O)[O-])c2c1CN(C(C)=O)C2. The van der Waals surface area contributed by atoms with Crippen LogP contribution in [0.2, 0.25) is 0 Å². The maximum Gasteiger partial charge on any atom is 0.275 e. The standard InChI is InChI=1S/C11H12N2O4/c1-7(14)12-5-8-9(6-12)11(17-2)4-3-10(8)13(15)16/h3-4H,5-6H2,1-2H3. The average molecular weight is 236 g/mol. The molecule has 0 saturated heterocycles. The number of hydrogen-bond donors (Lipinski definition) is 0. The number of nitro groups is 1. The van der Waals surface area contributed by atoms with Crippen LogP contribution in [-0.2, 0) is 17.9 Å². The van der Waals surface area contributed by atoms with Crippen molar-refractivity contribution in [2.24, 2.45) is 0 Å². The molecule has 0 saturated carbocycles. The third-order valence-corrected chi connectivity index (χ3v) is 2.92. The second-order valence-corrected chi connectivity index (χ2v) is 3.88. The van der Waals surface area contributed by atoms with Crippen LogP contribution in [0.5, 0.6) is 5.75 Å². The van der Waals surface area contributed by atoms with Crippen molar-refractivity contribution in [3.05, 3.63) is 33.4 Å². The maximum atomic E-state index is 11.3. The summed E-state index contributed by atoms with van der Waals surface area (Å²) in [4.78, 5) is 23.3. The fourth-order valence-corrected chi connectivity index (χ4v) is 2.03. The molecule has 6 nitrogen and oxygen atoms in total. The fourth-order valence-electron chi connectivity index (χ4n) is 2.03. The summed E-state index contributed by atoms with van der Waals surface area (Å²) in [5.41, 5.74) is 1.35. The predicted molar refractivity (Wildman–Crippen MR) is 59.6 cm³/mol. The molecule has 1 aromatic rings. The zero-order chi connectivity index (χ0) is 12.6. The molecule has 1 aliphatic heterocycles. The van der Waals surface area contributed by atoms with E-state index in [1.54, 1.807) is 11.0 Å². The van der Waals surface area contributed by atoms with Crippen LogP contribution in [0.15, 0.2) is 12.1 Å². The molecule has 0 atom stereocenters. The van der Waals surface area contributed by atoms with Gasteiger partial charge in [0.1, 0.15) is 5.75 Å². The number of fused-ring (bicyclic) bond motifs is 1. The van der Waals surface area contributed by atoms with Gasteiger partial charge in [-0.2, -0.15) is 0 Å². The summed E-state index contributed by atoms with van der Waals surface area (Å²) in [6.07, 6.45) is 0. The molecule has 1 aliphatic rings. The Hall–Kier alpha value is -2.11. The minimum absolute atomic E-state index is 0.0459. The van der Waals surface area contributed by atoms with Crippen LogP contribution in [0.4, 0.5) is 5.69 Å². The van der Waals surface area contributed by atoms with Gasteiger partial charge in [0.05, 0.1) is 30.7 Å². The molecular weight excluding hydrogens is 224 g/mol. The van der Waals surface area contributed by atoms with Crippen molar-refractivity contribution < 1.29 is 14.5 Å². The third kappa shape index (κ3) is 1.82. The van der Waals surface area contributed by atoms with Crippen LogP contribution < -0.4 is 4.74 Å². The Bertz CT molecular complexity index is 498. The van der Waals surface area contributed by atoms with Crippen molar-refractivity contribution in [3.63, 3.8) is 0 Å². The summed E-state index contributed by atoms with van der Waals surface area (Å²) in [6, 6.07) is 2.99. The molecule has 0 aliphatic carbocycles. The maximum absolute atomic E-state index is 11.3. The first kappa shape index (κ1) is 11.4. The van der Waals surface area contributed by atoms with E-state index in [1.165, 1.54) is 20.1 Å². The first-order valence-corrected chi connectivity index (χ1v) is 5.13. The van der Waals surface area contributed by atoms with Crippen LogP contribution in [-0.4, -0.2) is 22.8 Å². The smallest absolute Gasteiger partial charge is 0.275 e. The van der Waals surface area contributed by atoms with E-state index in [-0.39, 0.29) is 18.1 Å². The fraction of sp³-hybridized carbons (Fsp3) is 0.364. The van der Waals surface area contributed by atoms with Gasteiger partial charge in [-0.1, -0.05) is 0 Å². The van der Waals surface area contributed by atoms with E-state index >= 15 is 0 Å². The van der Waals surface area contributed by atoms with E-state index in [0.717, 1.165) is 5.56 Å². The number of carbonyl (C=O) groups excluding carboxylic acids is 1. The molecule has 0 N–H and O–H groups in total. The largest absolute Gasteiger partial charge is 0.496 e. The summed E-state index contributed by atoms with van der Waals surface area (Å²) in [7, 11) is 1.51. The Kier molecular flexibility index (Phi) is 2.71. The van der Waals surface area contributed by atoms with Gasteiger partial charge in [0.2, 0.25) is 5.91 Å². The van der Waals surface area contributed by atoms with Gasteiger partial charge in [-0.25, -0.2) is 0 Å². The van der Waals surface area contributed by atoms with Gasteiger partial charge in [-0.05, 0) is 6.07 Å². The lowest BCUT2D eigenvalue weighted by Gasteiger charge is -2.11. The van der Waals surface area contributed by atoms with Crippen LogP contribution in [0.25, 0.3) is 0 Å². The number of amides is 1. The number of methoxy groups -OCH3 is 1. The summed E-state index contributed by atoms with van der Waals surface area (Å²) in [5, 5.41) is 10.9. The van der Waals surface area contributed by atoms with Crippen molar-refractivity contribution in [2.45, 2.75) is 20.0 Å². The lowest BCUT2D eigenvalue weighted by Crippen LogP contribution is -2.21. The lowest BCUT2D eigenvalue weighted by atomic mass is 10.1. The summed E-state index contributed by atoms with van der Waals surface area (Å²) < 4.78 is 5.16. The van der Waals surface area contributed by atoms with Crippen LogP contribution in [0.3, 0.4) is 0 Å². The highest BCUT2D eigenvalue weighted by Crippen LogP contribution is 2.36. The highest BCUT2D eigenvalue weighted by molar-refractivity contribution is 5.75. The lowest BCUT2D eigenvalue weighted by molar-refractivity contribution is -0.385. The number of nitrogens with zero attached hydrogens (tertiary/aromatic N) is 2. The minimum atomic E-state index is -0.429. The highest BCUT2D eigenvalue weighted by Gasteiger charge is 2.30. The molecule has 0 aromatic heterocycles. The van der Waals surface area contributed by atoms with E-state index < -0.39 is 4.92 Å². The monoisotopic (exact) mass is 236 g/mol. The van der Waals surface area contributed by atoms with Crippen LogP contribution in [0, 0.1) is 10.1 Å². The molecule has 2 rings (SSSR count). The second kappa shape index (κ2) is 4.04. The average Bonchev–Trinajstić information content (AvgIpc) is 2.71. The molecule has 0 radical (unpaired) electrons.